The van der Waals surface area contributed by atoms with Crippen molar-refractivity contribution in [1.82, 2.24) is 5.32 Å². The third kappa shape index (κ3) is 3.87. The largest absolute Gasteiger partial charge is 0.497 e. The van der Waals surface area contributed by atoms with Crippen molar-refractivity contribution < 1.29 is 9.47 Å². The summed E-state index contributed by atoms with van der Waals surface area (Å²) >= 11 is 0. The van der Waals surface area contributed by atoms with Crippen molar-refractivity contribution in [3.05, 3.63) is 23.8 Å². The van der Waals surface area contributed by atoms with Gasteiger partial charge in [0.2, 0.25) is 0 Å². The van der Waals surface area contributed by atoms with E-state index in [-0.39, 0.29) is 0 Å². The van der Waals surface area contributed by atoms with Crippen molar-refractivity contribution >= 4 is 0 Å². The summed E-state index contributed by atoms with van der Waals surface area (Å²) in [4.78, 5) is 0. The van der Waals surface area contributed by atoms with Crippen molar-refractivity contribution in [1.29, 1.82) is 0 Å². The van der Waals surface area contributed by atoms with E-state index in [2.05, 4.69) is 11.4 Å². The maximum absolute atomic E-state index is 5.94. The molecule has 0 bridgehead atoms. The van der Waals surface area contributed by atoms with Crippen LogP contribution in [0.3, 0.4) is 0 Å². The molecule has 0 spiro atoms. The number of methoxy groups -OCH3 is 1. The third-order valence-corrected chi connectivity index (χ3v) is 3.91. The van der Waals surface area contributed by atoms with Crippen molar-refractivity contribution in [3.8, 4) is 11.5 Å². The summed E-state index contributed by atoms with van der Waals surface area (Å²) in [6.45, 7) is 1.72. The standard InChI is InChI=1S/C16H23NO2/c1-18-15-6-7-16(19-9-8-12-2-3-12)13(10-15)11-17-14-4-5-14/h6-7,10,12,14,17H,2-5,8-9,11H2,1H3. The van der Waals surface area contributed by atoms with Crippen LogP contribution in [-0.2, 0) is 6.54 Å². The Balaban J connectivity index is 1.60. The van der Waals surface area contributed by atoms with Gasteiger partial charge in [-0.25, -0.2) is 0 Å². The molecule has 19 heavy (non-hydrogen) atoms. The highest BCUT2D eigenvalue weighted by Gasteiger charge is 2.22. The van der Waals surface area contributed by atoms with Crippen molar-refractivity contribution in [2.24, 2.45) is 5.92 Å². The summed E-state index contributed by atoms with van der Waals surface area (Å²) in [6.07, 6.45) is 6.59. The smallest absolute Gasteiger partial charge is 0.124 e. The number of hydrogen-bond donors (Lipinski definition) is 1. The highest BCUT2D eigenvalue weighted by atomic mass is 16.5. The van der Waals surface area contributed by atoms with Crippen LogP contribution in [-0.4, -0.2) is 19.8 Å². The maximum Gasteiger partial charge on any atom is 0.124 e. The molecule has 2 fully saturated rings. The number of benzene rings is 1. The minimum atomic E-state index is 0.713. The van der Waals surface area contributed by atoms with Crippen molar-refractivity contribution in [3.63, 3.8) is 0 Å². The van der Waals surface area contributed by atoms with Gasteiger partial charge in [-0.15, -0.1) is 0 Å². The number of hydrogen-bond acceptors (Lipinski definition) is 3. The zero-order valence-electron chi connectivity index (χ0n) is 11.7. The molecule has 0 atom stereocenters. The third-order valence-electron chi connectivity index (χ3n) is 3.91. The van der Waals surface area contributed by atoms with Crippen LogP contribution in [0.2, 0.25) is 0 Å². The molecular weight excluding hydrogens is 238 g/mol. The Morgan fingerprint density at radius 1 is 1.21 bits per heavy atom. The normalized spacial score (nSPS) is 18.4. The summed E-state index contributed by atoms with van der Waals surface area (Å²) in [5.41, 5.74) is 1.21. The lowest BCUT2D eigenvalue weighted by atomic mass is 10.2. The van der Waals surface area contributed by atoms with E-state index in [1.807, 2.05) is 12.1 Å². The van der Waals surface area contributed by atoms with Gasteiger partial charge in [-0.2, -0.15) is 0 Å². The average Bonchev–Trinajstić information content (AvgIpc) is 3.31. The van der Waals surface area contributed by atoms with Gasteiger partial charge < -0.3 is 14.8 Å². The highest BCUT2D eigenvalue weighted by molar-refractivity contribution is 5.40. The first kappa shape index (κ1) is 12.8. The van der Waals surface area contributed by atoms with E-state index in [0.717, 1.165) is 30.6 Å². The molecule has 0 heterocycles. The van der Waals surface area contributed by atoms with Crippen LogP contribution >= 0.6 is 0 Å². The minimum absolute atomic E-state index is 0.713. The highest BCUT2D eigenvalue weighted by Crippen LogP contribution is 2.33. The summed E-state index contributed by atoms with van der Waals surface area (Å²) in [7, 11) is 1.71. The molecule has 3 rings (SSSR count). The number of rotatable bonds is 8. The van der Waals surface area contributed by atoms with Crippen LogP contribution in [0.5, 0.6) is 11.5 Å². The Hall–Kier alpha value is -1.22. The van der Waals surface area contributed by atoms with E-state index in [1.165, 1.54) is 37.7 Å². The van der Waals surface area contributed by atoms with E-state index < -0.39 is 0 Å². The van der Waals surface area contributed by atoms with Crippen LogP contribution in [0.4, 0.5) is 0 Å². The lowest BCUT2D eigenvalue weighted by Crippen LogP contribution is -2.16. The zero-order valence-corrected chi connectivity index (χ0v) is 11.7. The van der Waals surface area contributed by atoms with E-state index in [4.69, 9.17) is 9.47 Å². The number of nitrogens with one attached hydrogen (secondary N) is 1. The predicted molar refractivity (Wildman–Crippen MR) is 75.7 cm³/mol. The van der Waals surface area contributed by atoms with Gasteiger partial charge in [0.05, 0.1) is 13.7 Å². The fraction of sp³-hybridized carbons (Fsp3) is 0.625. The maximum atomic E-state index is 5.94. The molecule has 104 valence electrons. The summed E-state index contributed by atoms with van der Waals surface area (Å²) in [5.74, 6) is 2.84. The Kier molecular flexibility index (Phi) is 3.92. The Labute approximate surface area is 115 Å². The lowest BCUT2D eigenvalue weighted by Gasteiger charge is -2.13. The molecule has 3 heteroatoms. The van der Waals surface area contributed by atoms with Crippen molar-refractivity contribution in [2.45, 2.75) is 44.7 Å². The minimum Gasteiger partial charge on any atom is -0.497 e. The monoisotopic (exact) mass is 261 g/mol. The van der Waals surface area contributed by atoms with Gasteiger partial charge >= 0.3 is 0 Å². The van der Waals surface area contributed by atoms with Crippen LogP contribution < -0.4 is 14.8 Å². The average molecular weight is 261 g/mol. The molecule has 1 N–H and O–H groups in total. The van der Waals surface area contributed by atoms with Gasteiger partial charge in [-0.3, -0.25) is 0 Å². The van der Waals surface area contributed by atoms with Gasteiger partial charge in [0.15, 0.2) is 0 Å². The van der Waals surface area contributed by atoms with Crippen LogP contribution in [0.25, 0.3) is 0 Å². The van der Waals surface area contributed by atoms with E-state index >= 15 is 0 Å². The Bertz CT molecular complexity index is 425. The molecule has 0 saturated heterocycles. The second-order valence-electron chi connectivity index (χ2n) is 5.71. The molecule has 2 saturated carbocycles. The molecule has 1 aromatic carbocycles. The van der Waals surface area contributed by atoms with Crippen LogP contribution in [0.1, 0.15) is 37.7 Å². The number of ether oxygens (including phenoxy) is 2. The van der Waals surface area contributed by atoms with Gasteiger partial charge in [0, 0.05) is 18.2 Å². The molecule has 1 aromatic rings. The first-order valence-electron chi connectivity index (χ1n) is 7.38. The second-order valence-corrected chi connectivity index (χ2v) is 5.71. The van der Waals surface area contributed by atoms with E-state index in [0.29, 0.717) is 6.04 Å². The quantitative estimate of drug-likeness (QED) is 0.780. The Morgan fingerprint density at radius 3 is 2.74 bits per heavy atom. The summed E-state index contributed by atoms with van der Waals surface area (Å²) in [5, 5.41) is 3.54. The van der Waals surface area contributed by atoms with Gasteiger partial charge in [-0.1, -0.05) is 12.8 Å². The summed E-state index contributed by atoms with van der Waals surface area (Å²) < 4.78 is 11.2. The lowest BCUT2D eigenvalue weighted by molar-refractivity contribution is 0.298. The Morgan fingerprint density at radius 2 is 2.05 bits per heavy atom. The second kappa shape index (κ2) is 5.83. The molecule has 2 aliphatic carbocycles. The molecule has 2 aliphatic rings. The zero-order chi connectivity index (χ0) is 13.1. The van der Waals surface area contributed by atoms with Gasteiger partial charge in [-0.05, 0) is 43.4 Å². The van der Waals surface area contributed by atoms with E-state index in [1.54, 1.807) is 7.11 Å². The van der Waals surface area contributed by atoms with Crippen molar-refractivity contribution in [2.75, 3.05) is 13.7 Å². The van der Waals surface area contributed by atoms with Gasteiger partial charge in [0.25, 0.3) is 0 Å². The molecule has 0 aliphatic heterocycles. The molecule has 3 nitrogen and oxygen atoms in total. The fourth-order valence-electron chi connectivity index (χ4n) is 2.25. The topological polar surface area (TPSA) is 30.5 Å². The first-order valence-corrected chi connectivity index (χ1v) is 7.38. The molecule has 0 aromatic heterocycles. The SMILES string of the molecule is COc1ccc(OCCC2CC2)c(CNC2CC2)c1. The van der Waals surface area contributed by atoms with E-state index in [9.17, 15) is 0 Å². The van der Waals surface area contributed by atoms with Crippen LogP contribution in [0, 0.1) is 5.92 Å². The molecule has 0 unspecified atom stereocenters. The predicted octanol–water partition coefficient (Wildman–Crippen LogP) is 3.13. The molecule has 0 radical (unpaired) electrons. The summed E-state index contributed by atoms with van der Waals surface area (Å²) in [6, 6.07) is 6.82. The fourth-order valence-corrected chi connectivity index (χ4v) is 2.25. The molecular formula is C16H23NO2. The van der Waals surface area contributed by atoms with Crippen LogP contribution in [0.15, 0.2) is 18.2 Å². The molecule has 0 amide bonds. The first-order chi connectivity index (χ1) is 9.35. The van der Waals surface area contributed by atoms with Gasteiger partial charge in [0.1, 0.15) is 11.5 Å².